The SMILES string of the molecule is C=C1N(CC)c2cc(Br)cnc2C1(C)C. The molecule has 0 atom stereocenters. The molecule has 0 aliphatic carbocycles. The summed E-state index contributed by atoms with van der Waals surface area (Å²) < 4.78 is 1.02. The maximum absolute atomic E-state index is 4.51. The summed E-state index contributed by atoms with van der Waals surface area (Å²) >= 11 is 3.46. The second kappa shape index (κ2) is 3.34. The Labute approximate surface area is 99.1 Å². The van der Waals surface area contributed by atoms with Crippen LogP contribution >= 0.6 is 15.9 Å². The number of fused-ring (bicyclic) bond motifs is 1. The number of hydrogen-bond acceptors (Lipinski definition) is 2. The minimum absolute atomic E-state index is 0.0496. The topological polar surface area (TPSA) is 16.1 Å². The Hall–Kier alpha value is -0.830. The maximum Gasteiger partial charge on any atom is 0.0755 e. The van der Waals surface area contributed by atoms with E-state index in [-0.39, 0.29) is 5.41 Å². The fraction of sp³-hybridized carbons (Fsp3) is 0.417. The monoisotopic (exact) mass is 266 g/mol. The number of allylic oxidation sites excluding steroid dienone is 1. The average molecular weight is 267 g/mol. The molecule has 0 bridgehead atoms. The summed E-state index contributed by atoms with van der Waals surface area (Å²) in [4.78, 5) is 6.74. The summed E-state index contributed by atoms with van der Waals surface area (Å²) in [5.74, 6) is 0. The van der Waals surface area contributed by atoms with Crippen molar-refractivity contribution in [1.82, 2.24) is 4.98 Å². The zero-order chi connectivity index (χ0) is 11.2. The Morgan fingerprint density at radius 3 is 2.80 bits per heavy atom. The molecule has 0 fully saturated rings. The lowest BCUT2D eigenvalue weighted by atomic mass is 9.88. The molecule has 1 aromatic rings. The van der Waals surface area contributed by atoms with Crippen molar-refractivity contribution < 1.29 is 0 Å². The Morgan fingerprint density at radius 1 is 1.53 bits per heavy atom. The van der Waals surface area contributed by atoms with Crippen LogP contribution in [-0.4, -0.2) is 11.5 Å². The van der Waals surface area contributed by atoms with Gasteiger partial charge in [0.05, 0.1) is 11.4 Å². The van der Waals surface area contributed by atoms with Crippen molar-refractivity contribution in [2.45, 2.75) is 26.2 Å². The molecule has 0 N–H and O–H groups in total. The third-order valence-electron chi connectivity index (χ3n) is 3.08. The Kier molecular flexibility index (Phi) is 2.38. The van der Waals surface area contributed by atoms with Gasteiger partial charge in [-0.1, -0.05) is 6.58 Å². The first-order chi connectivity index (χ1) is 6.98. The molecule has 0 radical (unpaired) electrons. The Balaban J connectivity index is 2.65. The van der Waals surface area contributed by atoms with E-state index >= 15 is 0 Å². The summed E-state index contributed by atoms with van der Waals surface area (Å²) in [5, 5.41) is 0. The molecule has 1 aliphatic heterocycles. The molecular formula is C12H15BrN2. The second-order valence-corrected chi connectivity index (χ2v) is 5.25. The van der Waals surface area contributed by atoms with Crippen LogP contribution in [0.15, 0.2) is 29.0 Å². The van der Waals surface area contributed by atoms with Crippen LogP contribution in [0.25, 0.3) is 0 Å². The van der Waals surface area contributed by atoms with Crippen LogP contribution in [0, 0.1) is 0 Å². The van der Waals surface area contributed by atoms with Crippen molar-refractivity contribution >= 4 is 21.6 Å². The summed E-state index contributed by atoms with van der Waals surface area (Å²) in [7, 11) is 0. The third-order valence-corrected chi connectivity index (χ3v) is 3.51. The lowest BCUT2D eigenvalue weighted by Crippen LogP contribution is -2.24. The van der Waals surface area contributed by atoms with E-state index < -0.39 is 0 Å². The summed E-state index contributed by atoms with van der Waals surface area (Å²) in [6.07, 6.45) is 1.85. The highest BCUT2D eigenvalue weighted by atomic mass is 79.9. The van der Waals surface area contributed by atoms with Crippen LogP contribution in [0.4, 0.5) is 5.69 Å². The van der Waals surface area contributed by atoms with Gasteiger partial charge < -0.3 is 4.90 Å². The first-order valence-corrected chi connectivity index (χ1v) is 5.90. The van der Waals surface area contributed by atoms with Crippen LogP contribution in [0.5, 0.6) is 0 Å². The smallest absolute Gasteiger partial charge is 0.0755 e. The van der Waals surface area contributed by atoms with E-state index in [0.29, 0.717) is 0 Å². The standard InChI is InChI=1S/C12H15BrN2/c1-5-15-8(2)12(3,4)11-10(15)6-9(13)7-14-11/h6-7H,2,5H2,1,3-4H3. The van der Waals surface area contributed by atoms with E-state index in [2.05, 4.69) is 59.2 Å². The van der Waals surface area contributed by atoms with Gasteiger partial charge in [-0.2, -0.15) is 0 Å². The van der Waals surface area contributed by atoms with Gasteiger partial charge in [-0.3, -0.25) is 4.98 Å². The summed E-state index contributed by atoms with van der Waals surface area (Å²) in [6, 6.07) is 2.12. The lowest BCUT2D eigenvalue weighted by Gasteiger charge is -2.23. The van der Waals surface area contributed by atoms with Crippen LogP contribution < -0.4 is 4.90 Å². The minimum atomic E-state index is -0.0496. The molecule has 3 heteroatoms. The van der Waals surface area contributed by atoms with Gasteiger partial charge in [-0.25, -0.2) is 0 Å². The number of anilines is 1. The number of likely N-dealkylation sites (N-methyl/N-ethyl adjacent to an activating group) is 1. The van der Waals surface area contributed by atoms with Crippen LogP contribution in [0.1, 0.15) is 26.5 Å². The number of rotatable bonds is 1. The maximum atomic E-state index is 4.51. The Bertz CT molecular complexity index is 424. The molecule has 2 heterocycles. The van der Waals surface area contributed by atoms with Crippen LogP contribution in [-0.2, 0) is 5.41 Å². The van der Waals surface area contributed by atoms with Gasteiger partial charge in [0.15, 0.2) is 0 Å². The molecule has 0 saturated carbocycles. The molecule has 0 aromatic carbocycles. The van der Waals surface area contributed by atoms with Gasteiger partial charge >= 0.3 is 0 Å². The first-order valence-electron chi connectivity index (χ1n) is 5.11. The average Bonchev–Trinajstić information content (AvgIpc) is 2.35. The van der Waals surface area contributed by atoms with Gasteiger partial charge in [0.1, 0.15) is 0 Å². The van der Waals surface area contributed by atoms with Gasteiger partial charge in [0, 0.05) is 28.3 Å². The molecule has 0 amide bonds. The van der Waals surface area contributed by atoms with Crippen LogP contribution in [0.3, 0.4) is 0 Å². The largest absolute Gasteiger partial charge is 0.343 e. The van der Waals surface area contributed by atoms with Crippen molar-refractivity contribution in [2.24, 2.45) is 0 Å². The van der Waals surface area contributed by atoms with Gasteiger partial charge in [0.25, 0.3) is 0 Å². The van der Waals surface area contributed by atoms with E-state index in [1.807, 2.05) is 6.20 Å². The number of nitrogens with zero attached hydrogens (tertiary/aromatic N) is 2. The number of pyridine rings is 1. The fourth-order valence-electron chi connectivity index (χ4n) is 2.10. The van der Waals surface area contributed by atoms with E-state index in [1.165, 1.54) is 5.69 Å². The summed E-state index contributed by atoms with van der Waals surface area (Å²) in [6.45, 7) is 11.6. The Morgan fingerprint density at radius 2 is 2.20 bits per heavy atom. The molecule has 1 aliphatic rings. The molecule has 0 unspecified atom stereocenters. The number of aromatic nitrogens is 1. The molecular weight excluding hydrogens is 252 g/mol. The fourth-order valence-corrected chi connectivity index (χ4v) is 2.42. The molecule has 2 rings (SSSR count). The molecule has 80 valence electrons. The van der Waals surface area contributed by atoms with Crippen LogP contribution in [0.2, 0.25) is 0 Å². The lowest BCUT2D eigenvalue weighted by molar-refractivity contribution is 0.618. The highest BCUT2D eigenvalue weighted by Gasteiger charge is 2.39. The van der Waals surface area contributed by atoms with E-state index in [9.17, 15) is 0 Å². The van der Waals surface area contributed by atoms with E-state index in [4.69, 9.17) is 0 Å². The third kappa shape index (κ3) is 1.41. The highest BCUT2D eigenvalue weighted by molar-refractivity contribution is 9.10. The molecule has 2 nitrogen and oxygen atoms in total. The molecule has 1 aromatic heterocycles. The van der Waals surface area contributed by atoms with Crippen molar-refractivity contribution in [3.63, 3.8) is 0 Å². The predicted octanol–water partition coefficient (Wildman–Crippen LogP) is 3.48. The van der Waals surface area contributed by atoms with Crippen molar-refractivity contribution in [3.05, 3.63) is 34.7 Å². The number of halogens is 1. The van der Waals surface area contributed by atoms with Gasteiger partial charge in [-0.15, -0.1) is 0 Å². The van der Waals surface area contributed by atoms with Crippen molar-refractivity contribution in [1.29, 1.82) is 0 Å². The number of hydrogen-bond donors (Lipinski definition) is 0. The first kappa shape index (κ1) is 10.7. The normalized spacial score (nSPS) is 18.1. The quantitative estimate of drug-likeness (QED) is 0.774. The van der Waals surface area contributed by atoms with Gasteiger partial charge in [0.2, 0.25) is 0 Å². The van der Waals surface area contributed by atoms with Crippen molar-refractivity contribution in [2.75, 3.05) is 11.4 Å². The summed E-state index contributed by atoms with van der Waals surface area (Å²) in [5.41, 5.74) is 3.39. The van der Waals surface area contributed by atoms with E-state index in [1.54, 1.807) is 0 Å². The molecule has 0 spiro atoms. The molecule has 15 heavy (non-hydrogen) atoms. The van der Waals surface area contributed by atoms with Crippen molar-refractivity contribution in [3.8, 4) is 0 Å². The second-order valence-electron chi connectivity index (χ2n) is 4.34. The van der Waals surface area contributed by atoms with E-state index in [0.717, 1.165) is 22.4 Å². The van der Waals surface area contributed by atoms with Gasteiger partial charge in [-0.05, 0) is 42.8 Å². The zero-order valence-electron chi connectivity index (χ0n) is 9.34. The minimum Gasteiger partial charge on any atom is -0.343 e. The molecule has 0 saturated heterocycles. The zero-order valence-corrected chi connectivity index (χ0v) is 10.9. The predicted molar refractivity (Wildman–Crippen MR) is 67.1 cm³/mol. The highest BCUT2D eigenvalue weighted by Crippen LogP contribution is 2.46.